The van der Waals surface area contributed by atoms with Crippen LogP contribution in [0, 0.1) is 11.6 Å². The van der Waals surface area contributed by atoms with E-state index in [-0.39, 0.29) is 30.4 Å². The topological polar surface area (TPSA) is 49.6 Å². The lowest BCUT2D eigenvalue weighted by atomic mass is 10.1. The van der Waals surface area contributed by atoms with Crippen molar-refractivity contribution >= 4 is 17.3 Å². The van der Waals surface area contributed by atoms with Crippen LogP contribution in [-0.4, -0.2) is 24.9 Å². The van der Waals surface area contributed by atoms with E-state index in [2.05, 4.69) is 0 Å². The first-order chi connectivity index (χ1) is 13.8. The molecule has 3 rings (SSSR count). The summed E-state index contributed by atoms with van der Waals surface area (Å²) in [5.74, 6) is -1.14. The first-order valence-electron chi connectivity index (χ1n) is 9.18. The number of anilines is 2. The standard InChI is InChI=1S/C23H23F2N3O/c1-27(2)22-11-10-21(26)13-18(22)15-28(14-16-6-8-19(24)9-7-16)23(29)17-4-3-5-20(25)12-17/h3-13H,14-15,26H2,1-2H3. The summed E-state index contributed by atoms with van der Waals surface area (Å²) in [5.41, 5.74) is 9.37. The first kappa shape index (κ1) is 20.3. The fourth-order valence-electron chi connectivity index (χ4n) is 3.19. The Kier molecular flexibility index (Phi) is 6.12. The van der Waals surface area contributed by atoms with Gasteiger partial charge in [-0.05, 0) is 59.7 Å². The third kappa shape index (κ3) is 5.10. The molecule has 0 saturated carbocycles. The van der Waals surface area contributed by atoms with Crippen molar-refractivity contribution in [2.75, 3.05) is 24.7 Å². The van der Waals surface area contributed by atoms with Crippen LogP contribution in [0.25, 0.3) is 0 Å². The maximum absolute atomic E-state index is 13.7. The lowest BCUT2D eigenvalue weighted by Gasteiger charge is -2.26. The number of nitrogen functional groups attached to an aromatic ring is 1. The summed E-state index contributed by atoms with van der Waals surface area (Å²) in [6.07, 6.45) is 0. The van der Waals surface area contributed by atoms with E-state index in [1.807, 2.05) is 31.1 Å². The Balaban J connectivity index is 1.97. The van der Waals surface area contributed by atoms with Crippen LogP contribution < -0.4 is 10.6 Å². The summed E-state index contributed by atoms with van der Waals surface area (Å²) in [7, 11) is 3.82. The van der Waals surface area contributed by atoms with Gasteiger partial charge in [0.2, 0.25) is 0 Å². The Hall–Kier alpha value is -3.41. The van der Waals surface area contributed by atoms with Crippen LogP contribution in [0.1, 0.15) is 21.5 Å². The number of hydrogen-bond donors (Lipinski definition) is 1. The average molecular weight is 395 g/mol. The second-order valence-electron chi connectivity index (χ2n) is 7.08. The van der Waals surface area contributed by atoms with Crippen LogP contribution in [0.4, 0.5) is 20.2 Å². The van der Waals surface area contributed by atoms with Crippen LogP contribution in [0.3, 0.4) is 0 Å². The number of carbonyl (C=O) groups is 1. The lowest BCUT2D eigenvalue weighted by Crippen LogP contribution is -2.31. The Morgan fingerprint density at radius 2 is 1.62 bits per heavy atom. The number of halogens is 2. The third-order valence-corrected chi connectivity index (χ3v) is 4.59. The molecule has 6 heteroatoms. The van der Waals surface area contributed by atoms with Crippen molar-refractivity contribution in [2.24, 2.45) is 0 Å². The summed E-state index contributed by atoms with van der Waals surface area (Å²) >= 11 is 0. The molecule has 4 nitrogen and oxygen atoms in total. The molecule has 3 aromatic carbocycles. The zero-order chi connectivity index (χ0) is 21.0. The summed E-state index contributed by atoms with van der Waals surface area (Å²) in [6.45, 7) is 0.516. The van der Waals surface area contributed by atoms with Gasteiger partial charge < -0.3 is 15.5 Å². The first-order valence-corrected chi connectivity index (χ1v) is 9.18. The SMILES string of the molecule is CN(C)c1ccc(N)cc1CN(Cc1ccc(F)cc1)C(=O)c1cccc(F)c1. The molecule has 0 bridgehead atoms. The molecular weight excluding hydrogens is 372 g/mol. The molecule has 29 heavy (non-hydrogen) atoms. The molecule has 3 aromatic rings. The molecule has 0 aliphatic heterocycles. The van der Waals surface area contributed by atoms with Gasteiger partial charge in [-0.3, -0.25) is 4.79 Å². The monoisotopic (exact) mass is 395 g/mol. The maximum Gasteiger partial charge on any atom is 0.254 e. The molecule has 0 radical (unpaired) electrons. The highest BCUT2D eigenvalue weighted by atomic mass is 19.1. The van der Waals surface area contributed by atoms with Gasteiger partial charge in [0.15, 0.2) is 0 Å². The fourth-order valence-corrected chi connectivity index (χ4v) is 3.19. The molecule has 0 aliphatic carbocycles. The van der Waals surface area contributed by atoms with Gasteiger partial charge >= 0.3 is 0 Å². The van der Waals surface area contributed by atoms with E-state index in [1.165, 1.54) is 30.3 Å². The van der Waals surface area contributed by atoms with Crippen molar-refractivity contribution in [3.05, 3.63) is 95.1 Å². The van der Waals surface area contributed by atoms with Crippen LogP contribution in [0.15, 0.2) is 66.7 Å². The van der Waals surface area contributed by atoms with Gasteiger partial charge in [-0.25, -0.2) is 8.78 Å². The number of hydrogen-bond acceptors (Lipinski definition) is 3. The van der Waals surface area contributed by atoms with Gasteiger partial charge in [-0.1, -0.05) is 18.2 Å². The minimum atomic E-state index is -0.476. The van der Waals surface area contributed by atoms with Gasteiger partial charge in [-0.15, -0.1) is 0 Å². The number of nitrogens with two attached hydrogens (primary N) is 1. The molecule has 0 fully saturated rings. The Morgan fingerprint density at radius 3 is 2.28 bits per heavy atom. The highest BCUT2D eigenvalue weighted by molar-refractivity contribution is 5.94. The molecule has 0 unspecified atom stereocenters. The van der Waals surface area contributed by atoms with E-state index in [4.69, 9.17) is 5.73 Å². The van der Waals surface area contributed by atoms with E-state index in [0.717, 1.165) is 16.8 Å². The number of amides is 1. The molecule has 0 heterocycles. The fraction of sp³-hybridized carbons (Fsp3) is 0.174. The van der Waals surface area contributed by atoms with Crippen LogP contribution >= 0.6 is 0 Å². The lowest BCUT2D eigenvalue weighted by molar-refractivity contribution is 0.0730. The zero-order valence-electron chi connectivity index (χ0n) is 16.4. The molecule has 1 amide bonds. The molecule has 0 aliphatic rings. The molecule has 0 atom stereocenters. The van der Waals surface area contributed by atoms with E-state index < -0.39 is 5.82 Å². The summed E-state index contributed by atoms with van der Waals surface area (Å²) in [4.78, 5) is 16.7. The number of rotatable bonds is 6. The van der Waals surface area contributed by atoms with Gasteiger partial charge in [-0.2, -0.15) is 0 Å². The van der Waals surface area contributed by atoms with Crippen molar-refractivity contribution in [2.45, 2.75) is 13.1 Å². The number of carbonyl (C=O) groups excluding carboxylic acids is 1. The third-order valence-electron chi connectivity index (χ3n) is 4.59. The average Bonchev–Trinajstić information content (AvgIpc) is 2.68. The molecule has 150 valence electrons. The van der Waals surface area contributed by atoms with Gasteiger partial charge in [0, 0.05) is 44.1 Å². The molecular formula is C23H23F2N3O. The van der Waals surface area contributed by atoms with Crippen molar-refractivity contribution in [1.29, 1.82) is 0 Å². The van der Waals surface area contributed by atoms with Gasteiger partial charge in [0.1, 0.15) is 11.6 Å². The number of benzene rings is 3. The molecule has 0 saturated heterocycles. The normalized spacial score (nSPS) is 10.6. The van der Waals surface area contributed by atoms with Crippen molar-refractivity contribution in [3.63, 3.8) is 0 Å². The molecule has 0 aromatic heterocycles. The largest absolute Gasteiger partial charge is 0.399 e. The summed E-state index contributed by atoms with van der Waals surface area (Å²) in [5, 5.41) is 0. The second kappa shape index (κ2) is 8.73. The summed E-state index contributed by atoms with van der Waals surface area (Å²) in [6, 6.07) is 17.1. The predicted molar refractivity (Wildman–Crippen MR) is 112 cm³/mol. The van der Waals surface area contributed by atoms with Gasteiger partial charge in [0.25, 0.3) is 5.91 Å². The van der Waals surface area contributed by atoms with E-state index in [1.54, 1.807) is 29.2 Å². The van der Waals surface area contributed by atoms with Crippen LogP contribution in [0.2, 0.25) is 0 Å². The maximum atomic E-state index is 13.7. The van der Waals surface area contributed by atoms with Crippen molar-refractivity contribution in [1.82, 2.24) is 4.90 Å². The quantitative estimate of drug-likeness (QED) is 0.627. The second-order valence-corrected chi connectivity index (χ2v) is 7.08. The Morgan fingerprint density at radius 1 is 0.897 bits per heavy atom. The molecule has 0 spiro atoms. The number of nitrogens with zero attached hydrogens (tertiary/aromatic N) is 2. The van der Waals surface area contributed by atoms with Crippen LogP contribution in [-0.2, 0) is 13.1 Å². The minimum absolute atomic E-state index is 0.247. The molecule has 2 N–H and O–H groups in total. The highest BCUT2D eigenvalue weighted by Gasteiger charge is 2.19. The van der Waals surface area contributed by atoms with E-state index >= 15 is 0 Å². The highest BCUT2D eigenvalue weighted by Crippen LogP contribution is 2.25. The smallest absolute Gasteiger partial charge is 0.254 e. The van der Waals surface area contributed by atoms with Crippen molar-refractivity contribution in [3.8, 4) is 0 Å². The van der Waals surface area contributed by atoms with Crippen LogP contribution in [0.5, 0.6) is 0 Å². The van der Waals surface area contributed by atoms with Crippen molar-refractivity contribution < 1.29 is 13.6 Å². The minimum Gasteiger partial charge on any atom is -0.399 e. The predicted octanol–water partition coefficient (Wildman–Crippen LogP) is 4.46. The van der Waals surface area contributed by atoms with Gasteiger partial charge in [0.05, 0.1) is 0 Å². The summed E-state index contributed by atoms with van der Waals surface area (Å²) < 4.78 is 27.0. The zero-order valence-corrected chi connectivity index (χ0v) is 16.4. The Labute approximate surface area is 169 Å². The van der Waals surface area contributed by atoms with E-state index in [0.29, 0.717) is 5.69 Å². The van der Waals surface area contributed by atoms with E-state index in [9.17, 15) is 13.6 Å². The Bertz CT molecular complexity index is 1000.